The molecule has 0 aromatic heterocycles. The summed E-state index contributed by atoms with van der Waals surface area (Å²) in [6, 6.07) is 10.7. The minimum atomic E-state index is -1.97. The first kappa shape index (κ1) is 14.5. The van der Waals surface area contributed by atoms with Gasteiger partial charge in [0.2, 0.25) is 0 Å². The van der Waals surface area contributed by atoms with Crippen molar-refractivity contribution in [2.24, 2.45) is 0 Å². The fourth-order valence-corrected chi connectivity index (χ4v) is 8.73. The van der Waals surface area contributed by atoms with Crippen molar-refractivity contribution in [1.29, 1.82) is 0 Å². The van der Waals surface area contributed by atoms with Gasteiger partial charge >= 0.3 is 0 Å². The summed E-state index contributed by atoms with van der Waals surface area (Å²) >= 11 is 0. The number of rotatable bonds is 3. The number of hydrogen-bond donors (Lipinski definition) is 1. The van der Waals surface area contributed by atoms with Crippen LogP contribution in [0.2, 0.25) is 0 Å². The van der Waals surface area contributed by atoms with Crippen LogP contribution in [0, 0.1) is 0 Å². The molecular formula is C18H28OP+. The molecule has 1 nitrogen and oxygen atoms in total. The van der Waals surface area contributed by atoms with Gasteiger partial charge in [0.25, 0.3) is 0 Å². The van der Waals surface area contributed by atoms with Crippen LogP contribution in [-0.2, 0) is 0 Å². The van der Waals surface area contributed by atoms with E-state index in [0.29, 0.717) is 11.3 Å². The minimum Gasteiger partial charge on any atom is -0.246 e. The van der Waals surface area contributed by atoms with Crippen LogP contribution in [0.5, 0.6) is 0 Å². The van der Waals surface area contributed by atoms with Crippen molar-refractivity contribution in [2.75, 3.05) is 0 Å². The average Bonchev–Trinajstić information content (AvgIpc) is 2.56. The largest absolute Gasteiger partial charge is 0.246 e. The lowest BCUT2D eigenvalue weighted by atomic mass is 9.99. The predicted octanol–water partition coefficient (Wildman–Crippen LogP) is 4.90. The zero-order valence-electron chi connectivity index (χ0n) is 12.5. The van der Waals surface area contributed by atoms with Crippen molar-refractivity contribution in [3.63, 3.8) is 0 Å². The fourth-order valence-electron chi connectivity index (χ4n) is 4.34. The molecule has 0 bridgehead atoms. The van der Waals surface area contributed by atoms with Crippen molar-refractivity contribution in [3.05, 3.63) is 30.3 Å². The summed E-state index contributed by atoms with van der Waals surface area (Å²) < 4.78 is 0. The quantitative estimate of drug-likeness (QED) is 0.785. The lowest BCUT2D eigenvalue weighted by Crippen LogP contribution is -2.34. The molecule has 1 aromatic rings. The van der Waals surface area contributed by atoms with Gasteiger partial charge in [-0.25, -0.2) is 4.89 Å². The summed E-state index contributed by atoms with van der Waals surface area (Å²) in [5.41, 5.74) is 1.17. The zero-order chi connectivity index (χ0) is 13.8. The normalized spacial score (nSPS) is 22.9. The second-order valence-electron chi connectivity index (χ2n) is 6.66. The van der Waals surface area contributed by atoms with Crippen molar-refractivity contribution in [1.82, 2.24) is 0 Å². The lowest BCUT2D eigenvalue weighted by Gasteiger charge is -2.38. The van der Waals surface area contributed by atoms with E-state index in [2.05, 4.69) is 30.3 Å². The Balaban J connectivity index is 1.92. The van der Waals surface area contributed by atoms with E-state index in [4.69, 9.17) is 0 Å². The molecule has 0 unspecified atom stereocenters. The van der Waals surface area contributed by atoms with E-state index in [1.807, 2.05) is 0 Å². The number of benzene rings is 1. The van der Waals surface area contributed by atoms with E-state index in [0.717, 1.165) is 0 Å². The van der Waals surface area contributed by atoms with Gasteiger partial charge in [0.1, 0.15) is 16.6 Å². The van der Waals surface area contributed by atoms with Crippen LogP contribution in [0.1, 0.15) is 64.2 Å². The van der Waals surface area contributed by atoms with E-state index in [9.17, 15) is 4.89 Å². The van der Waals surface area contributed by atoms with Gasteiger partial charge in [-0.15, -0.1) is 0 Å². The standard InChI is InChI=1S/C18H28OP/c19-20(16-10-4-1-5-11-16,17-12-6-2-7-13-17)18-14-8-3-9-15-18/h1,4-5,10-11,17-19H,2-3,6-9,12-15H2/q+1. The summed E-state index contributed by atoms with van der Waals surface area (Å²) in [6.45, 7) is 0. The first-order valence-corrected chi connectivity index (χ1v) is 10.4. The van der Waals surface area contributed by atoms with Gasteiger partial charge < -0.3 is 0 Å². The van der Waals surface area contributed by atoms with Gasteiger partial charge in [0.05, 0.1) is 0 Å². The molecule has 2 heteroatoms. The van der Waals surface area contributed by atoms with Crippen molar-refractivity contribution < 1.29 is 4.89 Å². The van der Waals surface area contributed by atoms with Gasteiger partial charge in [-0.2, -0.15) is 0 Å². The third-order valence-corrected chi connectivity index (χ3v) is 9.82. The maximum Gasteiger partial charge on any atom is 0.180 e. The maximum atomic E-state index is 11.8. The smallest absolute Gasteiger partial charge is 0.180 e. The predicted molar refractivity (Wildman–Crippen MR) is 89.0 cm³/mol. The van der Waals surface area contributed by atoms with E-state index in [1.54, 1.807) is 0 Å². The molecule has 0 amide bonds. The summed E-state index contributed by atoms with van der Waals surface area (Å²) in [4.78, 5) is 11.8. The molecule has 2 fully saturated rings. The Bertz CT molecular complexity index is 387. The Labute approximate surface area is 124 Å². The molecule has 0 aliphatic heterocycles. The van der Waals surface area contributed by atoms with Gasteiger partial charge in [-0.3, -0.25) is 0 Å². The van der Waals surface area contributed by atoms with E-state index < -0.39 is 7.49 Å². The molecule has 2 saturated carbocycles. The minimum absolute atomic E-state index is 0.585. The fraction of sp³-hybridized carbons (Fsp3) is 0.667. The molecule has 1 aromatic carbocycles. The first-order valence-electron chi connectivity index (χ1n) is 8.48. The van der Waals surface area contributed by atoms with Crippen LogP contribution >= 0.6 is 7.49 Å². The molecule has 2 aliphatic rings. The second kappa shape index (κ2) is 6.58. The monoisotopic (exact) mass is 291 g/mol. The summed E-state index contributed by atoms with van der Waals surface area (Å²) in [7, 11) is -1.97. The Morgan fingerprint density at radius 1 is 0.700 bits per heavy atom. The molecule has 0 radical (unpaired) electrons. The van der Waals surface area contributed by atoms with Crippen LogP contribution in [0.15, 0.2) is 30.3 Å². The van der Waals surface area contributed by atoms with Crippen molar-refractivity contribution >= 4 is 12.8 Å². The van der Waals surface area contributed by atoms with Gasteiger partial charge in [0.15, 0.2) is 7.49 Å². The summed E-state index contributed by atoms with van der Waals surface area (Å²) in [5, 5.41) is 1.29. The summed E-state index contributed by atoms with van der Waals surface area (Å²) in [6.07, 6.45) is 13.1. The van der Waals surface area contributed by atoms with Crippen molar-refractivity contribution in [2.45, 2.75) is 75.5 Å². The van der Waals surface area contributed by atoms with Crippen molar-refractivity contribution in [3.8, 4) is 0 Å². The maximum absolute atomic E-state index is 11.8. The molecule has 3 rings (SSSR count). The molecule has 0 heterocycles. The average molecular weight is 291 g/mol. The third kappa shape index (κ3) is 2.81. The third-order valence-electron chi connectivity index (χ3n) is 5.43. The highest BCUT2D eigenvalue weighted by Gasteiger charge is 2.53. The second-order valence-corrected chi connectivity index (χ2v) is 10.1. The van der Waals surface area contributed by atoms with E-state index in [-0.39, 0.29) is 0 Å². The highest BCUT2D eigenvalue weighted by atomic mass is 31.2. The summed E-state index contributed by atoms with van der Waals surface area (Å²) in [5.74, 6) is 0. The molecule has 1 N–H and O–H groups in total. The van der Waals surface area contributed by atoms with Gasteiger partial charge in [-0.05, 0) is 63.5 Å². The SMILES string of the molecule is O[P+](c1ccccc1)(C1CCCCC1)C1CCCCC1. The van der Waals surface area contributed by atoms with Gasteiger partial charge in [0, 0.05) is 0 Å². The molecular weight excluding hydrogens is 263 g/mol. The van der Waals surface area contributed by atoms with Crippen LogP contribution in [0.4, 0.5) is 0 Å². The molecule has 0 spiro atoms. The molecule has 0 saturated heterocycles. The van der Waals surface area contributed by atoms with E-state index in [1.165, 1.54) is 69.5 Å². The topological polar surface area (TPSA) is 20.2 Å². The molecule has 2 aliphatic carbocycles. The molecule has 20 heavy (non-hydrogen) atoms. The Morgan fingerprint density at radius 2 is 1.15 bits per heavy atom. The molecule has 0 atom stereocenters. The van der Waals surface area contributed by atoms with Gasteiger partial charge in [-0.1, -0.05) is 31.0 Å². The first-order chi connectivity index (χ1) is 9.82. The van der Waals surface area contributed by atoms with Crippen LogP contribution in [0.25, 0.3) is 0 Å². The zero-order valence-corrected chi connectivity index (χ0v) is 13.4. The Hall–Kier alpha value is -0.390. The molecule has 110 valence electrons. The Kier molecular flexibility index (Phi) is 4.79. The lowest BCUT2D eigenvalue weighted by molar-refractivity contribution is 0.439. The highest BCUT2D eigenvalue weighted by Crippen LogP contribution is 2.68. The van der Waals surface area contributed by atoms with Crippen LogP contribution in [-0.4, -0.2) is 16.2 Å². The van der Waals surface area contributed by atoms with Crippen LogP contribution in [0.3, 0.4) is 0 Å². The van der Waals surface area contributed by atoms with E-state index >= 15 is 0 Å². The number of hydrogen-bond acceptors (Lipinski definition) is 1. The van der Waals surface area contributed by atoms with Crippen LogP contribution < -0.4 is 5.30 Å². The highest BCUT2D eigenvalue weighted by molar-refractivity contribution is 7.79. The Morgan fingerprint density at radius 3 is 1.60 bits per heavy atom.